The van der Waals surface area contributed by atoms with Crippen LogP contribution in [-0.4, -0.2) is 14.3 Å². The number of hydrogen-bond acceptors (Lipinski definition) is 3. The summed E-state index contributed by atoms with van der Waals surface area (Å²) in [6.45, 7) is 1.82. The lowest BCUT2D eigenvalue weighted by Gasteiger charge is -2.10. The number of benzene rings is 3. The van der Waals surface area contributed by atoms with Gasteiger partial charge in [-0.2, -0.15) is 0 Å². The van der Waals surface area contributed by atoms with Crippen LogP contribution in [0.3, 0.4) is 0 Å². The third-order valence-corrected chi connectivity index (χ3v) is 5.96. The molecule has 0 spiro atoms. The summed E-state index contributed by atoms with van der Waals surface area (Å²) < 4.78 is 40.4. The maximum absolute atomic E-state index is 12.9. The van der Waals surface area contributed by atoms with Crippen LogP contribution < -0.4 is 10.0 Å². The number of anilines is 2. The predicted octanol–water partition coefficient (Wildman–Crippen LogP) is 5.24. The number of carbonyl (C=O) groups is 1. The van der Waals surface area contributed by atoms with Gasteiger partial charge in [-0.15, -0.1) is 0 Å². The van der Waals surface area contributed by atoms with Gasteiger partial charge in [-0.3, -0.25) is 9.52 Å². The van der Waals surface area contributed by atoms with Crippen molar-refractivity contribution in [3.63, 3.8) is 0 Å². The molecule has 0 aliphatic carbocycles. The van der Waals surface area contributed by atoms with Gasteiger partial charge in [-0.05, 0) is 72.7 Å². The molecule has 3 aromatic rings. The molecular weight excluding hydrogens is 427 g/mol. The Kier molecular flexibility index (Phi) is 6.54. The van der Waals surface area contributed by atoms with Gasteiger partial charge >= 0.3 is 0 Å². The summed E-state index contributed by atoms with van der Waals surface area (Å²) in [7, 11) is -3.80. The first-order valence-corrected chi connectivity index (χ1v) is 10.7. The highest BCUT2D eigenvalue weighted by atomic mass is 35.5. The lowest BCUT2D eigenvalue weighted by atomic mass is 10.2. The molecule has 0 heterocycles. The fraction of sp³-hybridized carbons (Fsp3) is 0.0455. The van der Waals surface area contributed by atoms with Crippen LogP contribution in [0.5, 0.6) is 0 Å². The number of hydrogen-bond donors (Lipinski definition) is 2. The molecule has 5 nitrogen and oxygen atoms in total. The van der Waals surface area contributed by atoms with Gasteiger partial charge in [0.25, 0.3) is 10.0 Å². The van der Waals surface area contributed by atoms with Gasteiger partial charge < -0.3 is 5.32 Å². The third-order valence-electron chi connectivity index (χ3n) is 4.15. The van der Waals surface area contributed by atoms with Crippen LogP contribution in [0.1, 0.15) is 11.1 Å². The maximum Gasteiger partial charge on any atom is 0.261 e. The van der Waals surface area contributed by atoms with E-state index < -0.39 is 15.9 Å². The molecule has 0 aliphatic heterocycles. The van der Waals surface area contributed by atoms with Crippen LogP contribution in [0.15, 0.2) is 77.7 Å². The Bertz CT molecular complexity index is 1190. The molecule has 0 saturated carbocycles. The molecule has 0 radical (unpaired) electrons. The smallest absolute Gasteiger partial charge is 0.261 e. The minimum Gasteiger partial charge on any atom is -0.323 e. The van der Waals surface area contributed by atoms with Gasteiger partial charge in [-0.1, -0.05) is 29.8 Å². The van der Waals surface area contributed by atoms with Crippen LogP contribution in [-0.2, 0) is 14.8 Å². The molecule has 2 N–H and O–H groups in total. The third kappa shape index (κ3) is 5.68. The molecule has 0 unspecified atom stereocenters. The fourth-order valence-corrected chi connectivity index (χ4v) is 3.75. The zero-order valence-corrected chi connectivity index (χ0v) is 17.5. The van der Waals surface area contributed by atoms with Gasteiger partial charge in [0.1, 0.15) is 5.82 Å². The summed E-state index contributed by atoms with van der Waals surface area (Å²) in [5.74, 6) is -0.756. The summed E-state index contributed by atoms with van der Waals surface area (Å²) in [6, 6.07) is 16.3. The van der Waals surface area contributed by atoms with Crippen molar-refractivity contribution in [3.05, 3.63) is 94.8 Å². The molecular formula is C22H18ClFN2O3S. The highest BCUT2D eigenvalue weighted by Gasteiger charge is 2.14. The second kappa shape index (κ2) is 9.11. The lowest BCUT2D eigenvalue weighted by molar-refractivity contribution is -0.111. The average Bonchev–Trinajstić information content (AvgIpc) is 2.70. The van der Waals surface area contributed by atoms with Crippen LogP contribution >= 0.6 is 11.6 Å². The molecule has 154 valence electrons. The summed E-state index contributed by atoms with van der Waals surface area (Å²) in [5.41, 5.74) is 2.30. The maximum atomic E-state index is 12.9. The Morgan fingerprint density at radius 1 is 0.967 bits per heavy atom. The van der Waals surface area contributed by atoms with Crippen molar-refractivity contribution >= 4 is 45.0 Å². The van der Waals surface area contributed by atoms with E-state index in [2.05, 4.69) is 10.0 Å². The van der Waals surface area contributed by atoms with E-state index in [1.807, 2.05) is 6.92 Å². The van der Waals surface area contributed by atoms with E-state index in [1.165, 1.54) is 48.5 Å². The van der Waals surface area contributed by atoms with Crippen LogP contribution in [0.4, 0.5) is 15.8 Å². The van der Waals surface area contributed by atoms with Crippen LogP contribution in [0.2, 0.25) is 5.02 Å². The number of amides is 1. The number of nitrogens with one attached hydrogen (secondary N) is 2. The SMILES string of the molecule is Cc1ccc(NS(=O)(=O)c2ccc(NC(=O)/C=C/c3ccc(F)cc3)cc2)cc1Cl. The Hall–Kier alpha value is -3.16. The van der Waals surface area contributed by atoms with Crippen molar-refractivity contribution < 1.29 is 17.6 Å². The van der Waals surface area contributed by atoms with E-state index in [0.29, 0.717) is 22.0 Å². The Balaban J connectivity index is 1.65. The highest BCUT2D eigenvalue weighted by molar-refractivity contribution is 7.92. The van der Waals surface area contributed by atoms with Crippen LogP contribution in [0.25, 0.3) is 6.08 Å². The second-order valence-electron chi connectivity index (χ2n) is 6.47. The molecule has 0 aromatic heterocycles. The molecule has 0 fully saturated rings. The first-order valence-electron chi connectivity index (χ1n) is 8.87. The molecule has 30 heavy (non-hydrogen) atoms. The largest absolute Gasteiger partial charge is 0.323 e. The Morgan fingerprint density at radius 2 is 1.60 bits per heavy atom. The van der Waals surface area contributed by atoms with Crippen LogP contribution in [0, 0.1) is 12.7 Å². The topological polar surface area (TPSA) is 75.3 Å². The zero-order chi connectivity index (χ0) is 21.7. The monoisotopic (exact) mass is 444 g/mol. The lowest BCUT2D eigenvalue weighted by Crippen LogP contribution is -2.13. The molecule has 8 heteroatoms. The molecule has 0 saturated heterocycles. The predicted molar refractivity (Wildman–Crippen MR) is 118 cm³/mol. The van der Waals surface area contributed by atoms with Gasteiger partial charge in [0.15, 0.2) is 0 Å². The summed E-state index contributed by atoms with van der Waals surface area (Å²) in [5, 5.41) is 3.09. The van der Waals surface area contributed by atoms with E-state index >= 15 is 0 Å². The number of halogens is 2. The summed E-state index contributed by atoms with van der Waals surface area (Å²) in [4.78, 5) is 12.1. The Labute approximate surface area is 179 Å². The fourth-order valence-electron chi connectivity index (χ4n) is 2.52. The van der Waals surface area contributed by atoms with Crippen molar-refractivity contribution in [3.8, 4) is 0 Å². The first-order chi connectivity index (χ1) is 14.2. The van der Waals surface area contributed by atoms with E-state index in [0.717, 1.165) is 5.56 Å². The van der Waals surface area contributed by atoms with E-state index in [9.17, 15) is 17.6 Å². The van der Waals surface area contributed by atoms with E-state index in [-0.39, 0.29) is 10.7 Å². The van der Waals surface area contributed by atoms with E-state index in [4.69, 9.17) is 11.6 Å². The highest BCUT2D eigenvalue weighted by Crippen LogP contribution is 2.23. The molecule has 0 bridgehead atoms. The minimum atomic E-state index is -3.80. The normalized spacial score (nSPS) is 11.4. The van der Waals surface area contributed by atoms with Gasteiger partial charge in [0.05, 0.1) is 10.6 Å². The first kappa shape index (κ1) is 21.5. The molecule has 3 rings (SSSR count). The number of carbonyl (C=O) groups excluding carboxylic acids is 1. The number of rotatable bonds is 6. The molecule has 1 amide bonds. The second-order valence-corrected chi connectivity index (χ2v) is 8.56. The van der Waals surface area contributed by atoms with Gasteiger partial charge in [0.2, 0.25) is 5.91 Å². The van der Waals surface area contributed by atoms with Crippen molar-refractivity contribution in [2.45, 2.75) is 11.8 Å². The molecule has 0 aliphatic rings. The zero-order valence-electron chi connectivity index (χ0n) is 15.9. The van der Waals surface area contributed by atoms with E-state index in [1.54, 1.807) is 30.3 Å². The Morgan fingerprint density at radius 3 is 2.23 bits per heavy atom. The van der Waals surface area contributed by atoms with Crippen molar-refractivity contribution in [2.24, 2.45) is 0 Å². The minimum absolute atomic E-state index is 0.0408. The van der Waals surface area contributed by atoms with Gasteiger partial charge in [-0.25, -0.2) is 12.8 Å². The van der Waals surface area contributed by atoms with Crippen molar-refractivity contribution in [1.29, 1.82) is 0 Å². The number of sulfonamides is 1. The molecule has 3 aromatic carbocycles. The van der Waals surface area contributed by atoms with Crippen molar-refractivity contribution in [2.75, 3.05) is 10.0 Å². The van der Waals surface area contributed by atoms with Crippen molar-refractivity contribution in [1.82, 2.24) is 0 Å². The number of aryl methyl sites for hydroxylation is 1. The van der Waals surface area contributed by atoms with Gasteiger partial charge in [0, 0.05) is 16.8 Å². The molecule has 0 atom stereocenters. The summed E-state index contributed by atoms with van der Waals surface area (Å²) in [6.07, 6.45) is 2.85. The quantitative estimate of drug-likeness (QED) is 0.510. The summed E-state index contributed by atoms with van der Waals surface area (Å²) >= 11 is 6.03. The average molecular weight is 445 g/mol. The standard InChI is InChI=1S/C22H18ClFN2O3S/c1-15-2-8-19(14-21(15)23)26-30(28,29)20-11-9-18(10-12-20)25-22(27)13-5-16-3-6-17(24)7-4-16/h2-14,26H,1H3,(H,25,27)/b13-5+.